The average Bonchev–Trinajstić information content (AvgIpc) is 2.39. The maximum Gasteiger partial charge on any atom is 0.249 e. The predicted molar refractivity (Wildman–Crippen MR) is 72.7 cm³/mol. The Balaban J connectivity index is 1.98. The van der Waals surface area contributed by atoms with Crippen LogP contribution < -0.4 is 10.6 Å². The summed E-state index contributed by atoms with van der Waals surface area (Å²) < 4.78 is 0. The Morgan fingerprint density at radius 2 is 2.26 bits per heavy atom. The van der Waals surface area contributed by atoms with Crippen molar-refractivity contribution in [3.63, 3.8) is 0 Å². The number of amides is 3. The third-order valence-electron chi connectivity index (χ3n) is 3.38. The van der Waals surface area contributed by atoms with Crippen LogP contribution >= 0.6 is 11.8 Å². The molecule has 2 fully saturated rings. The number of hydrogen-bond donors (Lipinski definition) is 2. The van der Waals surface area contributed by atoms with Crippen molar-refractivity contribution in [2.45, 2.75) is 31.8 Å². The van der Waals surface area contributed by atoms with E-state index in [4.69, 9.17) is 0 Å². The van der Waals surface area contributed by atoms with Gasteiger partial charge in [0.25, 0.3) is 0 Å². The Bertz CT molecular complexity index is 382. The number of thioether (sulfide) groups is 1. The molecule has 2 unspecified atom stereocenters. The molecule has 2 rings (SSSR count). The summed E-state index contributed by atoms with van der Waals surface area (Å²) in [5, 5.41) is 5.57. The third-order valence-corrected chi connectivity index (χ3v) is 4.51. The molecule has 3 amide bonds. The highest BCUT2D eigenvalue weighted by atomic mass is 32.2. The molecule has 0 saturated carbocycles. The van der Waals surface area contributed by atoms with Gasteiger partial charge in [0.05, 0.1) is 0 Å². The molecule has 0 radical (unpaired) electrons. The molecule has 0 aromatic heterocycles. The van der Waals surface area contributed by atoms with E-state index >= 15 is 0 Å². The number of hydrogen-bond acceptors (Lipinski definition) is 5. The molecular weight excluding hydrogens is 266 g/mol. The van der Waals surface area contributed by atoms with Gasteiger partial charge >= 0.3 is 0 Å². The molecule has 0 bridgehead atoms. The van der Waals surface area contributed by atoms with Crippen molar-refractivity contribution in [3.05, 3.63) is 0 Å². The Hall–Kier alpha value is -1.08. The molecule has 0 aromatic rings. The minimum atomic E-state index is -0.513. The van der Waals surface area contributed by atoms with Crippen molar-refractivity contribution in [1.29, 1.82) is 0 Å². The molecule has 6 nitrogen and oxygen atoms in total. The van der Waals surface area contributed by atoms with Gasteiger partial charge in [-0.05, 0) is 6.42 Å². The first-order valence-corrected chi connectivity index (χ1v) is 7.71. The summed E-state index contributed by atoms with van der Waals surface area (Å²) in [6.07, 6.45) is 0.877. The van der Waals surface area contributed by atoms with E-state index in [0.717, 1.165) is 18.1 Å². The van der Waals surface area contributed by atoms with E-state index in [1.807, 2.05) is 18.7 Å². The van der Waals surface area contributed by atoms with Gasteiger partial charge in [0, 0.05) is 30.5 Å². The van der Waals surface area contributed by atoms with Gasteiger partial charge in [-0.3, -0.25) is 19.7 Å². The summed E-state index contributed by atoms with van der Waals surface area (Å²) in [5.41, 5.74) is 0. The third kappa shape index (κ3) is 3.48. The number of piperazine rings is 1. The van der Waals surface area contributed by atoms with Gasteiger partial charge < -0.3 is 10.2 Å². The van der Waals surface area contributed by atoms with Crippen molar-refractivity contribution in [1.82, 2.24) is 15.5 Å². The molecule has 2 saturated heterocycles. The fourth-order valence-corrected chi connectivity index (χ4v) is 3.36. The lowest BCUT2D eigenvalue weighted by atomic mass is 10.1. The van der Waals surface area contributed by atoms with E-state index in [2.05, 4.69) is 10.6 Å². The largest absolute Gasteiger partial charge is 0.321 e. The SMILES string of the molecule is CCC1C(=O)NC(=O)CN1C(=O)CC1CSCCN1. The molecule has 19 heavy (non-hydrogen) atoms. The highest BCUT2D eigenvalue weighted by molar-refractivity contribution is 7.99. The minimum absolute atomic E-state index is 0.0110. The monoisotopic (exact) mass is 285 g/mol. The first-order chi connectivity index (χ1) is 9.11. The van der Waals surface area contributed by atoms with Crippen LogP contribution in [0.4, 0.5) is 0 Å². The van der Waals surface area contributed by atoms with Gasteiger partial charge in [-0.1, -0.05) is 6.92 Å². The summed E-state index contributed by atoms with van der Waals surface area (Å²) in [4.78, 5) is 36.8. The van der Waals surface area contributed by atoms with Crippen LogP contribution in [-0.2, 0) is 14.4 Å². The summed E-state index contributed by atoms with van der Waals surface area (Å²) in [5.74, 6) is 1.09. The van der Waals surface area contributed by atoms with E-state index in [1.165, 1.54) is 4.90 Å². The first kappa shape index (κ1) is 14.3. The van der Waals surface area contributed by atoms with Crippen LogP contribution in [0.1, 0.15) is 19.8 Å². The van der Waals surface area contributed by atoms with Crippen LogP contribution in [0.3, 0.4) is 0 Å². The molecule has 2 heterocycles. The zero-order valence-corrected chi connectivity index (χ0v) is 11.8. The zero-order chi connectivity index (χ0) is 13.8. The van der Waals surface area contributed by atoms with Crippen molar-refractivity contribution >= 4 is 29.5 Å². The number of nitrogens with one attached hydrogen (secondary N) is 2. The van der Waals surface area contributed by atoms with Crippen molar-refractivity contribution < 1.29 is 14.4 Å². The van der Waals surface area contributed by atoms with E-state index in [9.17, 15) is 14.4 Å². The number of imide groups is 1. The van der Waals surface area contributed by atoms with Crippen LogP contribution in [0.2, 0.25) is 0 Å². The van der Waals surface area contributed by atoms with Crippen molar-refractivity contribution in [2.75, 3.05) is 24.6 Å². The van der Waals surface area contributed by atoms with Gasteiger partial charge in [0.2, 0.25) is 17.7 Å². The molecule has 106 valence electrons. The van der Waals surface area contributed by atoms with Gasteiger partial charge in [-0.2, -0.15) is 11.8 Å². The molecule has 2 aliphatic heterocycles. The maximum atomic E-state index is 12.3. The van der Waals surface area contributed by atoms with Gasteiger partial charge in [0.15, 0.2) is 0 Å². The Morgan fingerprint density at radius 3 is 2.89 bits per heavy atom. The predicted octanol–water partition coefficient (Wildman–Crippen LogP) is -0.655. The molecule has 0 aromatic carbocycles. The molecule has 0 aliphatic carbocycles. The Morgan fingerprint density at radius 1 is 1.47 bits per heavy atom. The second-order valence-corrected chi connectivity index (χ2v) is 5.94. The summed E-state index contributed by atoms with van der Waals surface area (Å²) in [6.45, 7) is 2.73. The van der Waals surface area contributed by atoms with Crippen LogP contribution in [0, 0.1) is 0 Å². The van der Waals surface area contributed by atoms with Gasteiger partial charge in [0.1, 0.15) is 12.6 Å². The molecule has 7 heteroatoms. The Labute approximate surface area is 116 Å². The number of carbonyl (C=O) groups is 3. The van der Waals surface area contributed by atoms with Crippen LogP contribution in [0.15, 0.2) is 0 Å². The van der Waals surface area contributed by atoms with E-state index in [-0.39, 0.29) is 24.4 Å². The fraction of sp³-hybridized carbons (Fsp3) is 0.750. The first-order valence-electron chi connectivity index (χ1n) is 6.56. The molecular formula is C12H19N3O3S. The minimum Gasteiger partial charge on any atom is -0.321 e. The maximum absolute atomic E-state index is 12.3. The standard InChI is InChI=1S/C12H19N3O3S/c1-2-9-12(18)14-10(16)6-15(9)11(17)5-8-7-19-4-3-13-8/h8-9,13H,2-7H2,1H3,(H,14,16,18). The lowest BCUT2D eigenvalue weighted by molar-refractivity contribution is -0.150. The zero-order valence-electron chi connectivity index (χ0n) is 11.0. The fourth-order valence-electron chi connectivity index (χ4n) is 2.41. The van der Waals surface area contributed by atoms with Crippen molar-refractivity contribution in [3.8, 4) is 0 Å². The number of rotatable bonds is 3. The number of carbonyl (C=O) groups excluding carboxylic acids is 3. The van der Waals surface area contributed by atoms with Crippen LogP contribution in [-0.4, -0.2) is 59.3 Å². The second kappa shape index (κ2) is 6.38. The topological polar surface area (TPSA) is 78.5 Å². The van der Waals surface area contributed by atoms with Crippen LogP contribution in [0.25, 0.3) is 0 Å². The average molecular weight is 285 g/mol. The normalized spacial score (nSPS) is 28.2. The Kier molecular flexibility index (Phi) is 4.81. The van der Waals surface area contributed by atoms with Gasteiger partial charge in [-0.25, -0.2) is 0 Å². The molecule has 2 aliphatic rings. The highest BCUT2D eigenvalue weighted by Gasteiger charge is 2.36. The summed E-state index contributed by atoms with van der Waals surface area (Å²) in [6, 6.07) is -0.370. The lowest BCUT2D eigenvalue weighted by Crippen LogP contribution is -2.60. The lowest BCUT2D eigenvalue weighted by Gasteiger charge is -2.34. The quantitative estimate of drug-likeness (QED) is 0.674. The highest BCUT2D eigenvalue weighted by Crippen LogP contribution is 2.15. The molecule has 0 spiro atoms. The molecule has 2 atom stereocenters. The smallest absolute Gasteiger partial charge is 0.249 e. The number of nitrogens with zero attached hydrogens (tertiary/aromatic N) is 1. The van der Waals surface area contributed by atoms with Crippen molar-refractivity contribution in [2.24, 2.45) is 0 Å². The van der Waals surface area contributed by atoms with E-state index in [1.54, 1.807) is 0 Å². The summed E-state index contributed by atoms with van der Waals surface area (Å²) in [7, 11) is 0. The van der Waals surface area contributed by atoms with E-state index < -0.39 is 11.9 Å². The van der Waals surface area contributed by atoms with Crippen LogP contribution in [0.5, 0.6) is 0 Å². The summed E-state index contributed by atoms with van der Waals surface area (Å²) >= 11 is 1.82. The molecule has 2 N–H and O–H groups in total. The van der Waals surface area contributed by atoms with Gasteiger partial charge in [-0.15, -0.1) is 0 Å². The second-order valence-electron chi connectivity index (χ2n) is 4.79. The van der Waals surface area contributed by atoms with E-state index in [0.29, 0.717) is 12.8 Å².